The molecule has 2 aromatic heterocycles. The molecule has 0 unspecified atom stereocenters. The number of fused-ring (bicyclic) bond motifs is 1. The van der Waals surface area contributed by atoms with Gasteiger partial charge in [-0.05, 0) is 19.4 Å². The lowest BCUT2D eigenvalue weighted by molar-refractivity contribution is 0.216. The van der Waals surface area contributed by atoms with Crippen molar-refractivity contribution in [3.8, 4) is 0 Å². The minimum Gasteiger partial charge on any atom is -0.336 e. The highest BCUT2D eigenvalue weighted by molar-refractivity contribution is 7.18. The number of aromatic nitrogens is 2. The molecule has 1 aliphatic rings. The second-order valence-electron chi connectivity index (χ2n) is 5.36. The SMILES string of the molecule is CCn1c(=O)c2c(C)c(CN3CCNC3=O)sc2n(CF)c1=O. The number of halogens is 1. The summed E-state index contributed by atoms with van der Waals surface area (Å²) in [6.45, 7) is 4.17. The van der Waals surface area contributed by atoms with Gasteiger partial charge in [0.25, 0.3) is 5.56 Å². The van der Waals surface area contributed by atoms with Crippen LogP contribution >= 0.6 is 11.3 Å². The van der Waals surface area contributed by atoms with Gasteiger partial charge in [0.05, 0.1) is 11.9 Å². The summed E-state index contributed by atoms with van der Waals surface area (Å²) in [6.07, 6.45) is 0. The van der Waals surface area contributed by atoms with Gasteiger partial charge >= 0.3 is 11.7 Å². The lowest BCUT2D eigenvalue weighted by Crippen LogP contribution is -2.38. The quantitative estimate of drug-likeness (QED) is 0.902. The smallest absolute Gasteiger partial charge is 0.334 e. The minimum atomic E-state index is -0.987. The van der Waals surface area contributed by atoms with Crippen LogP contribution < -0.4 is 16.6 Å². The Kier molecular flexibility index (Phi) is 3.97. The van der Waals surface area contributed by atoms with E-state index in [1.54, 1.807) is 18.7 Å². The Labute approximate surface area is 134 Å². The van der Waals surface area contributed by atoms with E-state index in [0.717, 1.165) is 14.0 Å². The largest absolute Gasteiger partial charge is 0.336 e. The summed E-state index contributed by atoms with van der Waals surface area (Å²) < 4.78 is 15.4. The number of aryl methyl sites for hydroxylation is 1. The Morgan fingerprint density at radius 3 is 2.57 bits per heavy atom. The van der Waals surface area contributed by atoms with Crippen molar-refractivity contribution >= 4 is 27.6 Å². The van der Waals surface area contributed by atoms with E-state index < -0.39 is 18.0 Å². The van der Waals surface area contributed by atoms with Crippen molar-refractivity contribution in [3.05, 3.63) is 31.3 Å². The zero-order chi connectivity index (χ0) is 16.7. The van der Waals surface area contributed by atoms with Gasteiger partial charge in [-0.25, -0.2) is 14.0 Å². The third-order valence-electron chi connectivity index (χ3n) is 4.11. The number of thiophene rings is 1. The third kappa shape index (κ3) is 2.35. The van der Waals surface area contributed by atoms with E-state index in [1.165, 1.54) is 11.3 Å². The summed E-state index contributed by atoms with van der Waals surface area (Å²) in [6, 6.07) is -0.157. The molecule has 2 aromatic rings. The summed E-state index contributed by atoms with van der Waals surface area (Å²) in [5, 5.41) is 3.08. The van der Waals surface area contributed by atoms with Gasteiger partial charge in [0.15, 0.2) is 6.80 Å². The number of urea groups is 1. The fourth-order valence-electron chi connectivity index (χ4n) is 2.81. The van der Waals surface area contributed by atoms with Gasteiger partial charge in [-0.3, -0.25) is 13.9 Å². The number of amides is 2. The van der Waals surface area contributed by atoms with Gasteiger partial charge in [0.1, 0.15) is 4.83 Å². The highest BCUT2D eigenvalue weighted by atomic mass is 32.1. The van der Waals surface area contributed by atoms with Gasteiger partial charge in [0.2, 0.25) is 0 Å². The molecule has 0 atom stereocenters. The molecular weight excluding hydrogens is 323 g/mol. The van der Waals surface area contributed by atoms with E-state index >= 15 is 0 Å². The summed E-state index contributed by atoms with van der Waals surface area (Å²) in [4.78, 5) is 39.2. The molecule has 1 saturated heterocycles. The van der Waals surface area contributed by atoms with Gasteiger partial charge in [-0.15, -0.1) is 11.3 Å². The van der Waals surface area contributed by atoms with Gasteiger partial charge in [0, 0.05) is 24.5 Å². The zero-order valence-corrected chi connectivity index (χ0v) is 13.7. The molecule has 124 valence electrons. The second kappa shape index (κ2) is 5.80. The molecule has 0 bridgehead atoms. The van der Waals surface area contributed by atoms with Crippen LogP contribution in [0.25, 0.3) is 10.2 Å². The highest BCUT2D eigenvalue weighted by Crippen LogP contribution is 2.29. The number of hydrogen-bond acceptors (Lipinski definition) is 4. The number of rotatable bonds is 4. The number of carbonyl (C=O) groups excluding carboxylic acids is 1. The Morgan fingerprint density at radius 1 is 1.26 bits per heavy atom. The topological polar surface area (TPSA) is 76.3 Å². The highest BCUT2D eigenvalue weighted by Gasteiger charge is 2.24. The molecule has 0 spiro atoms. The third-order valence-corrected chi connectivity index (χ3v) is 5.41. The molecule has 0 aromatic carbocycles. The first-order valence-electron chi connectivity index (χ1n) is 7.34. The number of carbonyl (C=O) groups is 1. The number of hydrogen-bond donors (Lipinski definition) is 1. The van der Waals surface area contributed by atoms with Gasteiger partial charge in [-0.2, -0.15) is 0 Å². The minimum absolute atomic E-state index is 0.157. The summed E-state index contributed by atoms with van der Waals surface area (Å²) >= 11 is 1.20. The average Bonchev–Trinajstić information content (AvgIpc) is 3.05. The maximum absolute atomic E-state index is 13.4. The van der Waals surface area contributed by atoms with E-state index in [0.29, 0.717) is 35.4 Å². The van der Waals surface area contributed by atoms with Crippen LogP contribution in [0.15, 0.2) is 9.59 Å². The lowest BCUT2D eigenvalue weighted by Gasteiger charge is -2.12. The van der Waals surface area contributed by atoms with E-state index in [-0.39, 0.29) is 12.6 Å². The average molecular weight is 340 g/mol. The lowest BCUT2D eigenvalue weighted by atomic mass is 10.2. The van der Waals surface area contributed by atoms with Crippen molar-refractivity contribution < 1.29 is 9.18 Å². The van der Waals surface area contributed by atoms with E-state index in [2.05, 4.69) is 5.32 Å². The van der Waals surface area contributed by atoms with E-state index in [9.17, 15) is 18.8 Å². The van der Waals surface area contributed by atoms with Crippen molar-refractivity contribution in [2.45, 2.75) is 33.7 Å². The maximum atomic E-state index is 13.4. The summed E-state index contributed by atoms with van der Waals surface area (Å²) in [5.41, 5.74) is -0.332. The van der Waals surface area contributed by atoms with Crippen molar-refractivity contribution in [1.82, 2.24) is 19.4 Å². The first kappa shape index (κ1) is 15.7. The fourth-order valence-corrected chi connectivity index (χ4v) is 4.10. The molecule has 0 aliphatic carbocycles. The monoisotopic (exact) mass is 340 g/mol. The van der Waals surface area contributed by atoms with E-state index in [1.807, 2.05) is 0 Å². The summed E-state index contributed by atoms with van der Waals surface area (Å²) in [7, 11) is 0. The Balaban J connectivity index is 2.21. The molecule has 1 N–H and O–H groups in total. The molecule has 1 aliphatic heterocycles. The first-order valence-corrected chi connectivity index (χ1v) is 8.15. The molecule has 1 fully saturated rings. The molecule has 0 radical (unpaired) electrons. The molecule has 7 nitrogen and oxygen atoms in total. The van der Waals surface area contributed by atoms with Crippen molar-refractivity contribution in [2.75, 3.05) is 13.1 Å². The molecule has 0 saturated carbocycles. The molecule has 23 heavy (non-hydrogen) atoms. The van der Waals surface area contributed by atoms with Crippen LogP contribution in [0.2, 0.25) is 0 Å². The molecule has 3 heterocycles. The van der Waals surface area contributed by atoms with E-state index in [4.69, 9.17) is 0 Å². The predicted molar refractivity (Wildman–Crippen MR) is 85.7 cm³/mol. The van der Waals surface area contributed by atoms with Crippen LogP contribution in [0, 0.1) is 6.92 Å². The number of nitrogens with zero attached hydrogens (tertiary/aromatic N) is 3. The van der Waals surface area contributed by atoms with Crippen LogP contribution in [0.1, 0.15) is 17.4 Å². The maximum Gasteiger partial charge on any atom is 0.334 e. The number of nitrogens with one attached hydrogen (secondary N) is 1. The number of alkyl halides is 1. The summed E-state index contributed by atoms with van der Waals surface area (Å²) in [5.74, 6) is 0. The zero-order valence-electron chi connectivity index (χ0n) is 12.9. The molecule has 2 amide bonds. The Bertz CT molecular complexity index is 898. The molecule has 9 heteroatoms. The van der Waals surface area contributed by atoms with Crippen molar-refractivity contribution in [1.29, 1.82) is 0 Å². The Hall–Kier alpha value is -2.16. The normalized spacial score (nSPS) is 14.7. The Morgan fingerprint density at radius 2 is 2.00 bits per heavy atom. The van der Waals surface area contributed by atoms with Crippen molar-refractivity contribution in [3.63, 3.8) is 0 Å². The molecule has 3 rings (SSSR count). The van der Waals surface area contributed by atoms with Crippen molar-refractivity contribution in [2.24, 2.45) is 0 Å². The fraction of sp³-hybridized carbons (Fsp3) is 0.500. The van der Waals surface area contributed by atoms with Crippen LogP contribution in [0.4, 0.5) is 9.18 Å². The van der Waals surface area contributed by atoms with Gasteiger partial charge in [-0.1, -0.05) is 0 Å². The van der Waals surface area contributed by atoms with Crippen LogP contribution in [-0.4, -0.2) is 33.2 Å². The van der Waals surface area contributed by atoms with Crippen LogP contribution in [-0.2, 0) is 19.9 Å². The van der Waals surface area contributed by atoms with Crippen LogP contribution in [0.3, 0.4) is 0 Å². The predicted octanol–water partition coefficient (Wildman–Crippen LogP) is 1.01. The van der Waals surface area contributed by atoms with Gasteiger partial charge < -0.3 is 10.2 Å². The van der Waals surface area contributed by atoms with Crippen LogP contribution in [0.5, 0.6) is 0 Å². The first-order chi connectivity index (χ1) is 11.0. The standard InChI is InChI=1S/C14H17FN4O3S/c1-3-18-11(20)10-8(2)9(6-17-5-4-16-13(17)21)23-12(10)19(7-15)14(18)22/h3-7H2,1-2H3,(H,16,21). The second-order valence-corrected chi connectivity index (χ2v) is 6.45. The molecular formula is C14H17FN4O3S.